The van der Waals surface area contributed by atoms with Crippen molar-refractivity contribution < 1.29 is 12.8 Å². The van der Waals surface area contributed by atoms with Gasteiger partial charge in [-0.2, -0.15) is 0 Å². The van der Waals surface area contributed by atoms with Crippen LogP contribution in [0, 0.1) is 0 Å². The fourth-order valence-corrected chi connectivity index (χ4v) is 2.37. The van der Waals surface area contributed by atoms with Crippen LogP contribution in [0.4, 0.5) is 0 Å². The second kappa shape index (κ2) is 3.15. The maximum Gasteiger partial charge on any atom is 0.265 e. The minimum Gasteiger partial charge on any atom is -0.461 e. The average molecular weight is 251 g/mol. The van der Waals surface area contributed by atoms with Gasteiger partial charge in [0, 0.05) is 16.1 Å². The standard InChI is InChI=1S/C8H4Cl2O3S/c9-6-4-13-8-5(6)2-1-3-7(8)14(10,11)12/h1-4H. The zero-order chi connectivity index (χ0) is 10.3. The highest BCUT2D eigenvalue weighted by Gasteiger charge is 2.17. The largest absolute Gasteiger partial charge is 0.461 e. The molecule has 2 aromatic rings. The molecule has 1 aromatic carbocycles. The summed E-state index contributed by atoms with van der Waals surface area (Å²) in [4.78, 5) is -0.0661. The third-order valence-corrected chi connectivity index (χ3v) is 3.42. The van der Waals surface area contributed by atoms with Gasteiger partial charge in [0.15, 0.2) is 5.58 Å². The molecule has 0 unspecified atom stereocenters. The number of hydrogen-bond donors (Lipinski definition) is 0. The predicted molar refractivity (Wildman–Crippen MR) is 54.3 cm³/mol. The summed E-state index contributed by atoms with van der Waals surface area (Å²) >= 11 is 5.76. The summed E-state index contributed by atoms with van der Waals surface area (Å²) in [5.74, 6) is 0. The molecule has 0 aliphatic carbocycles. The van der Waals surface area contributed by atoms with E-state index in [9.17, 15) is 8.42 Å². The van der Waals surface area contributed by atoms with Gasteiger partial charge in [0.2, 0.25) is 0 Å². The molecule has 0 spiro atoms. The van der Waals surface area contributed by atoms with Gasteiger partial charge in [-0.1, -0.05) is 17.7 Å². The maximum absolute atomic E-state index is 11.1. The Hall–Kier alpha value is -0.710. The Labute approximate surface area is 89.6 Å². The van der Waals surface area contributed by atoms with Crippen LogP contribution in [-0.2, 0) is 9.05 Å². The van der Waals surface area contributed by atoms with Gasteiger partial charge in [0.05, 0.1) is 5.02 Å². The fraction of sp³-hybridized carbons (Fsp3) is 0. The molecule has 0 bridgehead atoms. The van der Waals surface area contributed by atoms with Crippen LogP contribution in [0.5, 0.6) is 0 Å². The highest BCUT2D eigenvalue weighted by molar-refractivity contribution is 8.13. The molecule has 0 fully saturated rings. The van der Waals surface area contributed by atoms with Crippen molar-refractivity contribution in [1.82, 2.24) is 0 Å². The van der Waals surface area contributed by atoms with Gasteiger partial charge in [-0.15, -0.1) is 0 Å². The molecule has 1 heterocycles. The second-order valence-electron chi connectivity index (χ2n) is 2.65. The smallest absolute Gasteiger partial charge is 0.265 e. The second-order valence-corrected chi connectivity index (χ2v) is 5.60. The summed E-state index contributed by atoms with van der Waals surface area (Å²) < 4.78 is 27.2. The number of furan rings is 1. The number of halogens is 2. The van der Waals surface area contributed by atoms with E-state index in [2.05, 4.69) is 0 Å². The molecule has 0 saturated carbocycles. The molecule has 14 heavy (non-hydrogen) atoms. The quantitative estimate of drug-likeness (QED) is 0.732. The maximum atomic E-state index is 11.1. The van der Waals surface area contributed by atoms with Crippen molar-refractivity contribution in [3.8, 4) is 0 Å². The first-order valence-corrected chi connectivity index (χ1v) is 6.29. The number of hydrogen-bond acceptors (Lipinski definition) is 3. The van der Waals surface area contributed by atoms with E-state index in [0.717, 1.165) is 0 Å². The molecule has 0 aliphatic heterocycles. The first kappa shape index (κ1) is 9.83. The van der Waals surface area contributed by atoms with Gasteiger partial charge in [-0.3, -0.25) is 0 Å². The van der Waals surface area contributed by atoms with Crippen molar-refractivity contribution in [2.24, 2.45) is 0 Å². The van der Waals surface area contributed by atoms with Crippen LogP contribution in [-0.4, -0.2) is 8.42 Å². The van der Waals surface area contributed by atoms with Crippen LogP contribution in [0.25, 0.3) is 11.0 Å². The lowest BCUT2D eigenvalue weighted by Gasteiger charge is -1.96. The van der Waals surface area contributed by atoms with Gasteiger partial charge in [0.1, 0.15) is 11.2 Å². The first-order chi connectivity index (χ1) is 6.50. The van der Waals surface area contributed by atoms with Crippen molar-refractivity contribution in [3.05, 3.63) is 29.5 Å². The zero-order valence-corrected chi connectivity index (χ0v) is 9.03. The molecule has 2 rings (SSSR count). The highest BCUT2D eigenvalue weighted by atomic mass is 35.7. The Kier molecular flexibility index (Phi) is 2.21. The normalized spacial score (nSPS) is 12.1. The van der Waals surface area contributed by atoms with E-state index in [4.69, 9.17) is 26.7 Å². The van der Waals surface area contributed by atoms with Gasteiger partial charge < -0.3 is 4.42 Å². The van der Waals surface area contributed by atoms with E-state index in [1.165, 1.54) is 12.3 Å². The van der Waals surface area contributed by atoms with Crippen LogP contribution in [0.3, 0.4) is 0 Å². The molecule has 6 heteroatoms. The van der Waals surface area contributed by atoms with E-state index in [0.29, 0.717) is 10.4 Å². The van der Waals surface area contributed by atoms with Crippen LogP contribution in [0.2, 0.25) is 5.02 Å². The lowest BCUT2D eigenvalue weighted by Crippen LogP contribution is -1.90. The van der Waals surface area contributed by atoms with Crippen molar-refractivity contribution in [2.75, 3.05) is 0 Å². The zero-order valence-electron chi connectivity index (χ0n) is 6.70. The Morgan fingerprint density at radius 1 is 1.29 bits per heavy atom. The molecule has 0 radical (unpaired) electrons. The first-order valence-electron chi connectivity index (χ1n) is 3.60. The molecule has 1 aromatic heterocycles. The van der Waals surface area contributed by atoms with Crippen LogP contribution < -0.4 is 0 Å². The summed E-state index contributed by atoms with van der Waals surface area (Å²) in [6, 6.07) is 4.58. The minimum atomic E-state index is -3.80. The van der Waals surface area contributed by atoms with E-state index < -0.39 is 9.05 Å². The summed E-state index contributed by atoms with van der Waals surface area (Å²) in [7, 11) is 1.42. The third kappa shape index (κ3) is 1.49. The minimum absolute atomic E-state index is 0.0661. The molecular weight excluding hydrogens is 247 g/mol. The van der Waals surface area contributed by atoms with Crippen molar-refractivity contribution in [2.45, 2.75) is 4.90 Å². The van der Waals surface area contributed by atoms with Crippen molar-refractivity contribution in [3.63, 3.8) is 0 Å². The molecule has 0 saturated heterocycles. The predicted octanol–water partition coefficient (Wildman–Crippen LogP) is 3.01. The molecule has 0 atom stereocenters. The third-order valence-electron chi connectivity index (χ3n) is 1.78. The molecule has 3 nitrogen and oxygen atoms in total. The molecule has 0 N–H and O–H groups in total. The van der Waals surface area contributed by atoms with E-state index in [1.807, 2.05) is 0 Å². The Balaban J connectivity index is 2.92. The molecule has 0 amide bonds. The number of para-hydroxylation sites is 1. The van der Waals surface area contributed by atoms with Gasteiger partial charge in [0.25, 0.3) is 9.05 Å². The number of fused-ring (bicyclic) bond motifs is 1. The molecule has 0 aliphatic rings. The van der Waals surface area contributed by atoms with Crippen LogP contribution in [0.15, 0.2) is 33.8 Å². The summed E-state index contributed by atoms with van der Waals surface area (Å²) in [5.41, 5.74) is 0.188. The van der Waals surface area contributed by atoms with E-state index in [1.54, 1.807) is 12.1 Å². The van der Waals surface area contributed by atoms with Crippen LogP contribution in [0.1, 0.15) is 0 Å². The Morgan fingerprint density at radius 2 is 2.00 bits per heavy atom. The van der Waals surface area contributed by atoms with Crippen molar-refractivity contribution >= 4 is 42.3 Å². The number of benzene rings is 1. The van der Waals surface area contributed by atoms with Gasteiger partial charge >= 0.3 is 0 Å². The topological polar surface area (TPSA) is 47.3 Å². The van der Waals surface area contributed by atoms with E-state index in [-0.39, 0.29) is 10.5 Å². The lowest BCUT2D eigenvalue weighted by molar-refractivity contribution is 0.593. The Bertz CT molecular complexity index is 586. The molecule has 74 valence electrons. The van der Waals surface area contributed by atoms with Crippen LogP contribution >= 0.6 is 22.3 Å². The monoisotopic (exact) mass is 250 g/mol. The summed E-state index contributed by atoms with van der Waals surface area (Å²) in [5, 5.41) is 0.899. The number of rotatable bonds is 1. The van der Waals surface area contributed by atoms with Crippen molar-refractivity contribution in [1.29, 1.82) is 0 Å². The summed E-state index contributed by atoms with van der Waals surface area (Å²) in [6.45, 7) is 0. The summed E-state index contributed by atoms with van der Waals surface area (Å²) in [6.07, 6.45) is 1.28. The SMILES string of the molecule is O=S(=O)(Cl)c1cccc2c(Cl)coc12. The van der Waals surface area contributed by atoms with Gasteiger partial charge in [-0.25, -0.2) is 8.42 Å². The fourth-order valence-electron chi connectivity index (χ4n) is 1.19. The van der Waals surface area contributed by atoms with Gasteiger partial charge in [-0.05, 0) is 12.1 Å². The Morgan fingerprint density at radius 3 is 2.64 bits per heavy atom. The highest BCUT2D eigenvalue weighted by Crippen LogP contribution is 2.31. The average Bonchev–Trinajstić information content (AvgIpc) is 2.46. The van der Waals surface area contributed by atoms with E-state index >= 15 is 0 Å². The molecular formula is C8H4Cl2O3S. The lowest BCUT2D eigenvalue weighted by atomic mass is 10.3.